The Bertz CT molecular complexity index is 842. The molecule has 27 heavy (non-hydrogen) atoms. The Labute approximate surface area is 168 Å². The van der Waals surface area contributed by atoms with Crippen molar-refractivity contribution in [1.82, 2.24) is 10.6 Å². The zero-order valence-electron chi connectivity index (χ0n) is 15.2. The Morgan fingerprint density at radius 1 is 0.963 bits per heavy atom. The maximum atomic E-state index is 13.8. The van der Waals surface area contributed by atoms with Gasteiger partial charge in [0.2, 0.25) is 5.91 Å². The van der Waals surface area contributed by atoms with Gasteiger partial charge in [0.05, 0.1) is 21.7 Å². The van der Waals surface area contributed by atoms with Crippen LogP contribution < -0.4 is 10.6 Å². The maximum Gasteiger partial charge on any atom is 0.254 e. The van der Waals surface area contributed by atoms with Gasteiger partial charge in [0, 0.05) is 0 Å². The highest BCUT2D eigenvalue weighted by atomic mass is 35.5. The molecule has 2 amide bonds. The minimum atomic E-state index is -0.817. The molecule has 7 heteroatoms. The van der Waals surface area contributed by atoms with Crippen LogP contribution in [0.4, 0.5) is 4.39 Å². The minimum absolute atomic E-state index is 0.103. The number of carbonyl (C=O) groups is 2. The Balaban J connectivity index is 2.11. The Hall–Kier alpha value is -2.11. The average Bonchev–Trinajstić information content (AvgIpc) is 2.61. The van der Waals surface area contributed by atoms with Crippen LogP contribution >= 0.6 is 23.2 Å². The van der Waals surface area contributed by atoms with Crippen LogP contribution in [0.5, 0.6) is 0 Å². The Morgan fingerprint density at radius 3 is 2.22 bits per heavy atom. The maximum absolute atomic E-state index is 13.8. The number of halogens is 3. The fourth-order valence-corrected chi connectivity index (χ4v) is 2.87. The van der Waals surface area contributed by atoms with Gasteiger partial charge >= 0.3 is 0 Å². The van der Waals surface area contributed by atoms with E-state index in [2.05, 4.69) is 10.6 Å². The quantitative estimate of drug-likeness (QED) is 0.720. The summed E-state index contributed by atoms with van der Waals surface area (Å²) in [4.78, 5) is 25.1. The summed E-state index contributed by atoms with van der Waals surface area (Å²) in [6, 6.07) is 9.57. The molecule has 0 spiro atoms. The van der Waals surface area contributed by atoms with Gasteiger partial charge in [-0.3, -0.25) is 9.59 Å². The molecule has 0 aliphatic heterocycles. The van der Waals surface area contributed by atoms with Crippen molar-refractivity contribution in [2.24, 2.45) is 5.92 Å². The highest BCUT2D eigenvalue weighted by Gasteiger charge is 2.27. The summed E-state index contributed by atoms with van der Waals surface area (Å²) in [6.07, 6.45) is 0. The number of rotatable bonds is 6. The van der Waals surface area contributed by atoms with Crippen LogP contribution in [0.2, 0.25) is 10.0 Å². The van der Waals surface area contributed by atoms with Crippen LogP contribution in [0.25, 0.3) is 0 Å². The third-order valence-electron chi connectivity index (χ3n) is 4.16. The molecule has 0 saturated carbocycles. The van der Waals surface area contributed by atoms with Crippen molar-refractivity contribution in [2.75, 3.05) is 0 Å². The lowest BCUT2D eigenvalue weighted by Gasteiger charge is -2.24. The van der Waals surface area contributed by atoms with Gasteiger partial charge in [-0.15, -0.1) is 0 Å². The van der Waals surface area contributed by atoms with Crippen molar-refractivity contribution < 1.29 is 14.0 Å². The lowest BCUT2D eigenvalue weighted by atomic mass is 10.0. The highest BCUT2D eigenvalue weighted by molar-refractivity contribution is 6.42. The lowest BCUT2D eigenvalue weighted by molar-refractivity contribution is -0.124. The second-order valence-electron chi connectivity index (χ2n) is 6.58. The van der Waals surface area contributed by atoms with Gasteiger partial charge in [-0.1, -0.05) is 55.2 Å². The first-order chi connectivity index (χ1) is 12.7. The molecule has 0 unspecified atom stereocenters. The second-order valence-corrected chi connectivity index (χ2v) is 7.39. The van der Waals surface area contributed by atoms with Crippen molar-refractivity contribution in [3.8, 4) is 0 Å². The predicted molar refractivity (Wildman–Crippen MR) is 106 cm³/mol. The van der Waals surface area contributed by atoms with E-state index >= 15 is 0 Å². The molecule has 0 fully saturated rings. The topological polar surface area (TPSA) is 58.2 Å². The SMILES string of the molecule is CC(C)[C@@H](NC(=O)c1ccccc1F)C(=O)N[C@H](C)c1ccc(Cl)c(Cl)c1. The minimum Gasteiger partial charge on any atom is -0.348 e. The van der Waals surface area contributed by atoms with Crippen LogP contribution in [0.15, 0.2) is 42.5 Å². The van der Waals surface area contributed by atoms with Crippen molar-refractivity contribution in [1.29, 1.82) is 0 Å². The van der Waals surface area contributed by atoms with Gasteiger partial charge in [0.1, 0.15) is 11.9 Å². The molecule has 0 heterocycles. The van der Waals surface area contributed by atoms with E-state index in [1.165, 1.54) is 18.2 Å². The molecule has 2 rings (SSSR count). The van der Waals surface area contributed by atoms with Crippen molar-refractivity contribution in [3.05, 3.63) is 69.5 Å². The number of nitrogens with one attached hydrogen (secondary N) is 2. The van der Waals surface area contributed by atoms with E-state index < -0.39 is 17.8 Å². The number of benzene rings is 2. The van der Waals surface area contributed by atoms with Crippen LogP contribution in [-0.2, 0) is 4.79 Å². The van der Waals surface area contributed by atoms with Gasteiger partial charge in [-0.2, -0.15) is 0 Å². The van der Waals surface area contributed by atoms with E-state index in [4.69, 9.17) is 23.2 Å². The monoisotopic (exact) mass is 410 g/mol. The third kappa shape index (κ3) is 5.44. The predicted octanol–water partition coefficient (Wildman–Crippen LogP) is 4.76. The molecule has 144 valence electrons. The van der Waals surface area contributed by atoms with Gasteiger partial charge in [-0.25, -0.2) is 4.39 Å². The molecule has 0 radical (unpaired) electrons. The summed E-state index contributed by atoms with van der Waals surface area (Å²) in [6.45, 7) is 5.40. The molecule has 0 aromatic heterocycles. The summed E-state index contributed by atoms with van der Waals surface area (Å²) >= 11 is 11.9. The largest absolute Gasteiger partial charge is 0.348 e. The molecule has 2 atom stereocenters. The summed E-state index contributed by atoms with van der Waals surface area (Å²) in [5.41, 5.74) is 0.675. The van der Waals surface area contributed by atoms with Crippen molar-refractivity contribution in [2.45, 2.75) is 32.9 Å². The average molecular weight is 411 g/mol. The first kappa shape index (κ1) is 21.2. The van der Waals surface area contributed by atoms with Crippen LogP contribution in [0.3, 0.4) is 0 Å². The molecule has 4 nitrogen and oxygen atoms in total. The Morgan fingerprint density at radius 2 is 1.63 bits per heavy atom. The molecule has 2 N–H and O–H groups in total. The summed E-state index contributed by atoms with van der Waals surface area (Å²) in [7, 11) is 0. The molecule has 0 bridgehead atoms. The van der Waals surface area contributed by atoms with Gasteiger partial charge in [0.15, 0.2) is 0 Å². The molecule has 2 aromatic carbocycles. The van der Waals surface area contributed by atoms with E-state index in [0.717, 1.165) is 5.56 Å². The van der Waals surface area contributed by atoms with Crippen LogP contribution in [0.1, 0.15) is 42.7 Å². The lowest BCUT2D eigenvalue weighted by Crippen LogP contribution is -2.50. The molecular weight excluding hydrogens is 390 g/mol. The summed E-state index contributed by atoms with van der Waals surface area (Å²) in [5.74, 6) is -1.83. The second kappa shape index (κ2) is 9.20. The van der Waals surface area contributed by atoms with Crippen molar-refractivity contribution >= 4 is 35.0 Å². The standard InChI is InChI=1S/C20H21Cl2FN2O2/c1-11(2)18(25-19(26)14-6-4-5-7-17(14)23)20(27)24-12(3)13-8-9-15(21)16(22)10-13/h4-12,18H,1-3H3,(H,24,27)(H,25,26)/t12-,18-/m1/s1. The molecule has 0 aliphatic carbocycles. The van der Waals surface area contributed by atoms with E-state index in [1.807, 2.05) is 0 Å². The fourth-order valence-electron chi connectivity index (χ4n) is 2.57. The zero-order valence-corrected chi connectivity index (χ0v) is 16.7. The van der Waals surface area contributed by atoms with Gasteiger partial charge in [0.25, 0.3) is 5.91 Å². The number of amides is 2. The van der Waals surface area contributed by atoms with Crippen molar-refractivity contribution in [3.63, 3.8) is 0 Å². The first-order valence-electron chi connectivity index (χ1n) is 8.51. The van der Waals surface area contributed by atoms with E-state index in [1.54, 1.807) is 45.0 Å². The van der Waals surface area contributed by atoms with E-state index in [9.17, 15) is 14.0 Å². The van der Waals surface area contributed by atoms with E-state index in [0.29, 0.717) is 10.0 Å². The highest BCUT2D eigenvalue weighted by Crippen LogP contribution is 2.25. The van der Waals surface area contributed by atoms with Gasteiger partial charge < -0.3 is 10.6 Å². The molecule has 0 aliphatic rings. The smallest absolute Gasteiger partial charge is 0.254 e. The molecule has 0 saturated heterocycles. The summed E-state index contributed by atoms with van der Waals surface area (Å²) in [5, 5.41) is 6.28. The molecular formula is C20H21Cl2FN2O2. The molecule has 2 aromatic rings. The normalized spacial score (nSPS) is 13.1. The zero-order chi connectivity index (χ0) is 20.1. The third-order valence-corrected chi connectivity index (χ3v) is 4.90. The van der Waals surface area contributed by atoms with Gasteiger partial charge in [-0.05, 0) is 42.7 Å². The Kier molecular flexibility index (Phi) is 7.22. The fraction of sp³-hybridized carbons (Fsp3) is 0.300. The number of carbonyl (C=O) groups excluding carboxylic acids is 2. The first-order valence-corrected chi connectivity index (χ1v) is 9.27. The van der Waals surface area contributed by atoms with Crippen LogP contribution in [-0.4, -0.2) is 17.9 Å². The number of hydrogen-bond donors (Lipinski definition) is 2. The van der Waals surface area contributed by atoms with E-state index in [-0.39, 0.29) is 23.4 Å². The summed E-state index contributed by atoms with van der Waals surface area (Å²) < 4.78 is 13.8. The number of hydrogen-bond acceptors (Lipinski definition) is 2. The van der Waals surface area contributed by atoms with Crippen LogP contribution in [0, 0.1) is 11.7 Å².